The minimum atomic E-state index is 0.645. The Balaban J connectivity index is 0.000000771. The van der Waals surface area contributed by atoms with E-state index in [4.69, 9.17) is 0 Å². The quantitative estimate of drug-likeness (QED) is 0.696. The fraction of sp³-hybridized carbons (Fsp3) is 0.765. The van der Waals surface area contributed by atoms with Crippen molar-refractivity contribution in [3.05, 3.63) is 24.3 Å². The molecule has 2 aliphatic rings. The maximum atomic E-state index is 2.66. The maximum Gasteiger partial charge on any atom is 0.0349 e. The summed E-state index contributed by atoms with van der Waals surface area (Å²) in [4.78, 5) is 2.66. The van der Waals surface area contributed by atoms with Crippen molar-refractivity contribution in [2.24, 2.45) is 17.8 Å². The molecular weight excluding hydrogens is 218 g/mol. The average Bonchev–Trinajstić information content (AvgIpc) is 2.39. The fourth-order valence-electron chi connectivity index (χ4n) is 3.36. The Hall–Kier alpha value is -0.560. The average molecular weight is 249 g/mol. The number of fused-ring (bicyclic) bond motifs is 1. The second kappa shape index (κ2) is 7.13. The van der Waals surface area contributed by atoms with Gasteiger partial charge >= 0.3 is 0 Å². The Morgan fingerprint density at radius 1 is 1.00 bits per heavy atom. The van der Waals surface area contributed by atoms with Crippen molar-refractivity contribution >= 4 is 0 Å². The van der Waals surface area contributed by atoms with E-state index in [2.05, 4.69) is 56.9 Å². The van der Waals surface area contributed by atoms with Crippen molar-refractivity contribution in [2.45, 2.75) is 60.0 Å². The molecular formula is C17H31N. The predicted octanol–water partition coefficient (Wildman–Crippen LogP) is 4.51. The molecule has 0 aromatic heterocycles. The van der Waals surface area contributed by atoms with Crippen LogP contribution in [0.25, 0.3) is 0 Å². The zero-order valence-electron chi connectivity index (χ0n) is 13.1. The molecule has 104 valence electrons. The predicted molar refractivity (Wildman–Crippen MR) is 81.7 cm³/mol. The van der Waals surface area contributed by atoms with Gasteiger partial charge in [0.1, 0.15) is 0 Å². The highest BCUT2D eigenvalue weighted by Gasteiger charge is 2.37. The standard InChI is InChI=1S/C15H25N.C2H6/c1-11(2)13-9-10-16(12(3)4)15-8-6-5-7-14(13)15;1-2/h5-8,11-15H,9-10H2,1-4H3;1-2H3. The summed E-state index contributed by atoms with van der Waals surface area (Å²) < 4.78 is 0. The largest absolute Gasteiger partial charge is 0.294 e. The zero-order valence-corrected chi connectivity index (χ0v) is 13.1. The van der Waals surface area contributed by atoms with E-state index < -0.39 is 0 Å². The topological polar surface area (TPSA) is 3.24 Å². The molecule has 1 aliphatic heterocycles. The highest BCUT2D eigenvalue weighted by atomic mass is 15.2. The van der Waals surface area contributed by atoms with Gasteiger partial charge in [-0.3, -0.25) is 4.90 Å². The molecule has 1 heterocycles. The first-order valence-electron chi connectivity index (χ1n) is 7.72. The molecule has 0 saturated carbocycles. The highest BCUT2D eigenvalue weighted by Crippen LogP contribution is 2.37. The molecule has 0 bridgehead atoms. The van der Waals surface area contributed by atoms with Crippen molar-refractivity contribution in [3.8, 4) is 0 Å². The SMILES string of the molecule is CC.CC(C)C1CCN(C(C)C)C2C=CC=CC12. The molecule has 0 spiro atoms. The van der Waals surface area contributed by atoms with Crippen LogP contribution < -0.4 is 0 Å². The van der Waals surface area contributed by atoms with Crippen LogP contribution in [0.2, 0.25) is 0 Å². The van der Waals surface area contributed by atoms with E-state index in [1.807, 2.05) is 13.8 Å². The zero-order chi connectivity index (χ0) is 13.7. The normalized spacial score (nSPS) is 31.2. The summed E-state index contributed by atoms with van der Waals surface area (Å²) in [6.45, 7) is 14.6. The molecule has 0 aromatic carbocycles. The van der Waals surface area contributed by atoms with Crippen LogP contribution in [0.4, 0.5) is 0 Å². The first-order chi connectivity index (χ1) is 8.61. The first-order valence-corrected chi connectivity index (χ1v) is 7.72. The van der Waals surface area contributed by atoms with Gasteiger partial charge in [0.05, 0.1) is 0 Å². The minimum absolute atomic E-state index is 0.645. The lowest BCUT2D eigenvalue weighted by atomic mass is 9.72. The van der Waals surface area contributed by atoms with Crippen LogP contribution >= 0.6 is 0 Å². The van der Waals surface area contributed by atoms with Gasteiger partial charge < -0.3 is 0 Å². The minimum Gasteiger partial charge on any atom is -0.294 e. The van der Waals surface area contributed by atoms with Gasteiger partial charge in [-0.25, -0.2) is 0 Å². The molecule has 3 unspecified atom stereocenters. The van der Waals surface area contributed by atoms with Crippen molar-refractivity contribution in [1.82, 2.24) is 4.90 Å². The number of hydrogen-bond donors (Lipinski definition) is 0. The van der Waals surface area contributed by atoms with E-state index in [-0.39, 0.29) is 0 Å². The smallest absolute Gasteiger partial charge is 0.0349 e. The Bertz CT molecular complexity index is 258. The third kappa shape index (κ3) is 3.26. The van der Waals surface area contributed by atoms with E-state index in [1.54, 1.807) is 0 Å². The summed E-state index contributed by atoms with van der Waals surface area (Å²) in [5, 5.41) is 0. The Morgan fingerprint density at radius 2 is 1.61 bits per heavy atom. The monoisotopic (exact) mass is 249 g/mol. The van der Waals surface area contributed by atoms with Crippen molar-refractivity contribution < 1.29 is 0 Å². The molecule has 1 nitrogen and oxygen atoms in total. The van der Waals surface area contributed by atoms with Gasteiger partial charge in [0.2, 0.25) is 0 Å². The van der Waals surface area contributed by atoms with Crippen molar-refractivity contribution in [2.75, 3.05) is 6.54 Å². The highest BCUT2D eigenvalue weighted by molar-refractivity contribution is 5.20. The van der Waals surface area contributed by atoms with Gasteiger partial charge in [0.25, 0.3) is 0 Å². The number of hydrogen-bond acceptors (Lipinski definition) is 1. The lowest BCUT2D eigenvalue weighted by Crippen LogP contribution is -2.51. The van der Waals surface area contributed by atoms with Crippen LogP contribution in [-0.2, 0) is 0 Å². The fourth-order valence-corrected chi connectivity index (χ4v) is 3.36. The molecule has 2 rings (SSSR count). The van der Waals surface area contributed by atoms with Gasteiger partial charge in [0.15, 0.2) is 0 Å². The molecule has 1 heteroatoms. The van der Waals surface area contributed by atoms with Gasteiger partial charge in [-0.05, 0) is 44.6 Å². The Kier molecular flexibility index (Phi) is 6.14. The van der Waals surface area contributed by atoms with Crippen molar-refractivity contribution in [3.63, 3.8) is 0 Å². The van der Waals surface area contributed by atoms with E-state index in [1.165, 1.54) is 13.0 Å². The van der Waals surface area contributed by atoms with Gasteiger partial charge in [-0.15, -0.1) is 0 Å². The van der Waals surface area contributed by atoms with Crippen LogP contribution in [-0.4, -0.2) is 23.5 Å². The second-order valence-corrected chi connectivity index (χ2v) is 5.87. The van der Waals surface area contributed by atoms with Crippen LogP contribution in [0, 0.1) is 17.8 Å². The molecule has 3 atom stereocenters. The number of rotatable bonds is 2. The van der Waals surface area contributed by atoms with Gasteiger partial charge in [-0.2, -0.15) is 0 Å². The molecule has 18 heavy (non-hydrogen) atoms. The van der Waals surface area contributed by atoms with Crippen LogP contribution in [0.1, 0.15) is 48.0 Å². The third-order valence-electron chi connectivity index (χ3n) is 4.26. The summed E-state index contributed by atoms with van der Waals surface area (Å²) in [6.07, 6.45) is 10.7. The molecule has 0 aromatic rings. The molecule has 0 N–H and O–H groups in total. The number of piperidine rings is 1. The summed E-state index contributed by atoms with van der Waals surface area (Å²) >= 11 is 0. The van der Waals surface area contributed by atoms with Crippen LogP contribution in [0.15, 0.2) is 24.3 Å². The molecule has 0 radical (unpaired) electrons. The third-order valence-corrected chi connectivity index (χ3v) is 4.26. The molecule has 1 fully saturated rings. The maximum absolute atomic E-state index is 2.66. The lowest BCUT2D eigenvalue weighted by Gasteiger charge is -2.47. The second-order valence-electron chi connectivity index (χ2n) is 5.87. The van der Waals surface area contributed by atoms with E-state index in [0.717, 1.165) is 17.8 Å². The Morgan fingerprint density at radius 3 is 2.17 bits per heavy atom. The summed E-state index contributed by atoms with van der Waals surface area (Å²) in [5.41, 5.74) is 0. The van der Waals surface area contributed by atoms with E-state index in [0.29, 0.717) is 12.1 Å². The summed E-state index contributed by atoms with van der Waals surface area (Å²) in [7, 11) is 0. The molecule has 1 aliphatic carbocycles. The van der Waals surface area contributed by atoms with Crippen LogP contribution in [0.5, 0.6) is 0 Å². The number of allylic oxidation sites excluding steroid dienone is 2. The summed E-state index contributed by atoms with van der Waals surface area (Å²) in [5.74, 6) is 2.40. The van der Waals surface area contributed by atoms with Crippen LogP contribution in [0.3, 0.4) is 0 Å². The first kappa shape index (κ1) is 15.5. The Labute approximate surface area is 114 Å². The summed E-state index contributed by atoms with van der Waals surface area (Å²) in [6, 6.07) is 1.31. The van der Waals surface area contributed by atoms with Crippen molar-refractivity contribution in [1.29, 1.82) is 0 Å². The molecule has 0 amide bonds. The lowest BCUT2D eigenvalue weighted by molar-refractivity contribution is 0.0532. The molecule has 1 saturated heterocycles. The number of likely N-dealkylation sites (tertiary alicyclic amines) is 1. The van der Waals surface area contributed by atoms with Gasteiger partial charge in [-0.1, -0.05) is 52.0 Å². The number of nitrogens with zero attached hydrogens (tertiary/aromatic N) is 1. The van der Waals surface area contributed by atoms with E-state index in [9.17, 15) is 0 Å². The van der Waals surface area contributed by atoms with E-state index >= 15 is 0 Å². The van der Waals surface area contributed by atoms with Gasteiger partial charge in [0, 0.05) is 12.1 Å².